The van der Waals surface area contributed by atoms with Gasteiger partial charge in [0.25, 0.3) is 0 Å². The summed E-state index contributed by atoms with van der Waals surface area (Å²) in [5.74, 6) is 0. The first-order chi connectivity index (χ1) is 9.19. The van der Waals surface area contributed by atoms with Gasteiger partial charge >= 0.3 is 0 Å². The van der Waals surface area contributed by atoms with Gasteiger partial charge in [-0.3, -0.25) is 0 Å². The molecule has 0 bridgehead atoms. The van der Waals surface area contributed by atoms with E-state index in [0.29, 0.717) is 12.1 Å². The van der Waals surface area contributed by atoms with Crippen LogP contribution in [0.25, 0.3) is 0 Å². The zero-order valence-electron chi connectivity index (χ0n) is 10.2. The number of hydrogen-bond donors (Lipinski definition) is 1. The molecule has 0 aliphatic heterocycles. The number of nitrogens with zero attached hydrogens (tertiary/aromatic N) is 1. The predicted octanol–water partition coefficient (Wildman–Crippen LogP) is 4.26. The number of nitriles is 1. The summed E-state index contributed by atoms with van der Waals surface area (Å²) in [6.07, 6.45) is 0. The molecule has 1 N–H and O–H groups in total. The Labute approximate surface area is 126 Å². The van der Waals surface area contributed by atoms with Crippen LogP contribution in [0.2, 0.25) is 5.02 Å². The van der Waals surface area contributed by atoms with Gasteiger partial charge in [-0.1, -0.05) is 39.7 Å². The maximum absolute atomic E-state index is 8.73. The van der Waals surface area contributed by atoms with E-state index < -0.39 is 0 Å². The van der Waals surface area contributed by atoms with Crippen LogP contribution in [0.1, 0.15) is 16.7 Å². The van der Waals surface area contributed by atoms with Gasteiger partial charge in [0.1, 0.15) is 0 Å². The van der Waals surface area contributed by atoms with Crippen LogP contribution in [0.4, 0.5) is 0 Å². The molecule has 2 rings (SSSR count). The number of halogens is 2. The van der Waals surface area contributed by atoms with Crippen molar-refractivity contribution >= 4 is 27.5 Å². The molecule has 0 heterocycles. The summed E-state index contributed by atoms with van der Waals surface area (Å²) >= 11 is 9.55. The highest BCUT2D eigenvalue weighted by molar-refractivity contribution is 9.10. The molecule has 2 aromatic rings. The molecule has 0 aromatic heterocycles. The van der Waals surface area contributed by atoms with Crippen LogP contribution in [0.5, 0.6) is 0 Å². The first-order valence-corrected chi connectivity index (χ1v) is 7.00. The Hall–Kier alpha value is -1.34. The second kappa shape index (κ2) is 6.72. The highest BCUT2D eigenvalue weighted by Crippen LogP contribution is 2.20. The van der Waals surface area contributed by atoms with Crippen molar-refractivity contribution in [3.05, 3.63) is 68.7 Å². The summed E-state index contributed by atoms with van der Waals surface area (Å²) in [7, 11) is 0. The van der Waals surface area contributed by atoms with E-state index in [1.54, 1.807) is 0 Å². The molecule has 96 valence electrons. The van der Waals surface area contributed by atoms with Crippen molar-refractivity contribution < 1.29 is 0 Å². The van der Waals surface area contributed by atoms with Gasteiger partial charge in [-0.05, 0) is 41.5 Å². The van der Waals surface area contributed by atoms with Gasteiger partial charge in [0.2, 0.25) is 0 Å². The van der Waals surface area contributed by atoms with Crippen molar-refractivity contribution in [3.63, 3.8) is 0 Å². The fraction of sp³-hybridized carbons (Fsp3) is 0.133. The lowest BCUT2D eigenvalue weighted by Gasteiger charge is -2.07. The Kier molecular flexibility index (Phi) is 4.98. The van der Waals surface area contributed by atoms with E-state index in [0.717, 1.165) is 27.2 Å². The Balaban J connectivity index is 1.92. The second-order valence-corrected chi connectivity index (χ2v) is 5.47. The normalized spacial score (nSPS) is 10.2. The third-order valence-corrected chi connectivity index (χ3v) is 3.60. The van der Waals surface area contributed by atoms with Crippen molar-refractivity contribution in [2.75, 3.05) is 0 Å². The van der Waals surface area contributed by atoms with E-state index in [-0.39, 0.29) is 0 Å². The highest BCUT2D eigenvalue weighted by atomic mass is 79.9. The summed E-state index contributed by atoms with van der Waals surface area (Å²) in [5.41, 5.74) is 2.88. The maximum atomic E-state index is 8.73. The Morgan fingerprint density at radius 2 is 1.84 bits per heavy atom. The summed E-state index contributed by atoms with van der Waals surface area (Å²) in [5, 5.41) is 12.8. The Morgan fingerprint density at radius 1 is 1.11 bits per heavy atom. The lowest BCUT2D eigenvalue weighted by molar-refractivity contribution is 0.693. The minimum atomic E-state index is 0.679. The average Bonchev–Trinajstić information content (AvgIpc) is 2.43. The summed E-state index contributed by atoms with van der Waals surface area (Å²) in [6, 6.07) is 15.5. The van der Waals surface area contributed by atoms with Crippen LogP contribution in [-0.4, -0.2) is 0 Å². The van der Waals surface area contributed by atoms with E-state index in [4.69, 9.17) is 16.9 Å². The summed E-state index contributed by atoms with van der Waals surface area (Å²) < 4.78 is 1.02. The van der Waals surface area contributed by atoms with Gasteiger partial charge in [-0.15, -0.1) is 0 Å². The molecule has 0 atom stereocenters. The highest BCUT2D eigenvalue weighted by Gasteiger charge is 2.01. The molecule has 0 unspecified atom stereocenters. The van der Waals surface area contributed by atoms with Crippen LogP contribution in [0.3, 0.4) is 0 Å². The molecule has 2 nitrogen and oxygen atoms in total. The van der Waals surface area contributed by atoms with Crippen molar-refractivity contribution in [2.24, 2.45) is 0 Å². The first-order valence-electron chi connectivity index (χ1n) is 5.83. The van der Waals surface area contributed by atoms with Crippen LogP contribution in [0, 0.1) is 11.3 Å². The van der Waals surface area contributed by atoms with E-state index >= 15 is 0 Å². The number of hydrogen-bond acceptors (Lipinski definition) is 2. The molecule has 19 heavy (non-hydrogen) atoms. The summed E-state index contributed by atoms with van der Waals surface area (Å²) in [6.45, 7) is 1.45. The fourth-order valence-corrected chi connectivity index (χ4v) is 2.31. The lowest BCUT2D eigenvalue weighted by Crippen LogP contribution is -2.12. The van der Waals surface area contributed by atoms with Crippen LogP contribution in [0.15, 0.2) is 46.9 Å². The monoisotopic (exact) mass is 334 g/mol. The molecule has 0 amide bonds. The molecular weight excluding hydrogens is 324 g/mol. The molecule has 0 aliphatic carbocycles. The van der Waals surface area contributed by atoms with Crippen molar-refractivity contribution in [1.29, 1.82) is 5.26 Å². The topological polar surface area (TPSA) is 35.8 Å². The van der Waals surface area contributed by atoms with Crippen molar-refractivity contribution in [2.45, 2.75) is 13.1 Å². The SMILES string of the molecule is N#Cc1ccc(CNCc2cc(Br)ccc2Cl)cc1. The van der Waals surface area contributed by atoms with Gasteiger partial charge in [-0.25, -0.2) is 0 Å². The molecule has 0 saturated carbocycles. The van der Waals surface area contributed by atoms with Gasteiger partial charge < -0.3 is 5.32 Å². The van der Waals surface area contributed by atoms with E-state index in [1.165, 1.54) is 0 Å². The van der Waals surface area contributed by atoms with Gasteiger partial charge in [0.05, 0.1) is 11.6 Å². The number of rotatable bonds is 4. The zero-order valence-corrected chi connectivity index (χ0v) is 12.5. The molecular formula is C15H12BrClN2. The Bertz CT molecular complexity index is 603. The second-order valence-electron chi connectivity index (χ2n) is 4.15. The molecule has 2 aromatic carbocycles. The molecule has 0 spiro atoms. The Morgan fingerprint density at radius 3 is 2.53 bits per heavy atom. The standard InChI is InChI=1S/C15H12BrClN2/c16-14-5-6-15(17)13(7-14)10-19-9-12-3-1-11(8-18)2-4-12/h1-7,19H,9-10H2. The minimum absolute atomic E-state index is 0.679. The zero-order chi connectivity index (χ0) is 13.7. The fourth-order valence-electron chi connectivity index (χ4n) is 1.72. The van der Waals surface area contributed by atoms with E-state index in [1.807, 2.05) is 42.5 Å². The van der Waals surface area contributed by atoms with Gasteiger partial charge in [0, 0.05) is 22.6 Å². The molecule has 4 heteroatoms. The maximum Gasteiger partial charge on any atom is 0.0991 e. The molecule has 0 fully saturated rings. The third-order valence-electron chi connectivity index (χ3n) is 2.74. The number of nitrogens with one attached hydrogen (secondary N) is 1. The minimum Gasteiger partial charge on any atom is -0.309 e. The van der Waals surface area contributed by atoms with E-state index in [9.17, 15) is 0 Å². The molecule has 0 saturated heterocycles. The molecule has 0 radical (unpaired) electrons. The first kappa shape index (κ1) is 14.1. The average molecular weight is 336 g/mol. The molecule has 0 aliphatic rings. The van der Waals surface area contributed by atoms with Crippen molar-refractivity contribution in [3.8, 4) is 6.07 Å². The smallest absolute Gasteiger partial charge is 0.0991 e. The summed E-state index contributed by atoms with van der Waals surface area (Å²) in [4.78, 5) is 0. The van der Waals surface area contributed by atoms with Crippen molar-refractivity contribution in [1.82, 2.24) is 5.32 Å². The van der Waals surface area contributed by atoms with E-state index in [2.05, 4.69) is 27.3 Å². The lowest BCUT2D eigenvalue weighted by atomic mass is 10.1. The van der Waals surface area contributed by atoms with Crippen LogP contribution >= 0.6 is 27.5 Å². The largest absolute Gasteiger partial charge is 0.309 e. The van der Waals surface area contributed by atoms with Gasteiger partial charge in [-0.2, -0.15) is 5.26 Å². The quantitative estimate of drug-likeness (QED) is 0.906. The van der Waals surface area contributed by atoms with Gasteiger partial charge in [0.15, 0.2) is 0 Å². The predicted molar refractivity (Wildman–Crippen MR) is 80.9 cm³/mol. The number of benzene rings is 2. The third kappa shape index (κ3) is 4.07. The van der Waals surface area contributed by atoms with Crippen LogP contribution < -0.4 is 5.32 Å². The van der Waals surface area contributed by atoms with Crippen LogP contribution in [-0.2, 0) is 13.1 Å².